The van der Waals surface area contributed by atoms with Crippen molar-refractivity contribution in [1.29, 1.82) is 0 Å². The third-order valence-electron chi connectivity index (χ3n) is 2.11. The number of para-hydroxylation sites is 1. The van der Waals surface area contributed by atoms with Crippen LogP contribution in [0.1, 0.15) is 16.8 Å². The minimum absolute atomic E-state index is 0.387. The average Bonchev–Trinajstić information content (AvgIpc) is 2.38. The molecule has 1 aromatic carbocycles. The van der Waals surface area contributed by atoms with Gasteiger partial charge in [0.15, 0.2) is 0 Å². The van der Waals surface area contributed by atoms with E-state index in [1.54, 1.807) is 24.3 Å². The molecule has 1 aromatic rings. The fourth-order valence-corrected chi connectivity index (χ4v) is 1.30. The van der Waals surface area contributed by atoms with Gasteiger partial charge in [-0.15, -0.1) is 0 Å². The number of hydrogen-bond acceptors (Lipinski definition) is 3. The molecule has 17 heavy (non-hydrogen) atoms. The topological polar surface area (TPSA) is 35.5 Å². The summed E-state index contributed by atoms with van der Waals surface area (Å²) in [6.45, 7) is 4.09. The van der Waals surface area contributed by atoms with Crippen LogP contribution in [0.25, 0.3) is 0 Å². The molecule has 0 saturated heterocycles. The maximum Gasteiger partial charge on any atom is 0.341 e. The molecule has 0 atom stereocenters. The minimum atomic E-state index is -0.387. The normalized spacial score (nSPS) is 10.2. The first-order chi connectivity index (χ1) is 8.29. The van der Waals surface area contributed by atoms with Crippen LogP contribution in [0.2, 0.25) is 0 Å². The van der Waals surface area contributed by atoms with Gasteiger partial charge >= 0.3 is 5.97 Å². The van der Waals surface area contributed by atoms with Crippen molar-refractivity contribution in [3.8, 4) is 5.75 Å². The van der Waals surface area contributed by atoms with Gasteiger partial charge in [-0.05, 0) is 18.6 Å². The number of allylic oxidation sites excluding steroid dienone is 2. The van der Waals surface area contributed by atoms with E-state index in [1.165, 1.54) is 7.11 Å². The highest BCUT2D eigenvalue weighted by molar-refractivity contribution is 5.92. The van der Waals surface area contributed by atoms with Crippen molar-refractivity contribution in [2.45, 2.75) is 6.42 Å². The number of hydrogen-bond donors (Lipinski definition) is 0. The molecule has 0 bridgehead atoms. The monoisotopic (exact) mass is 232 g/mol. The fourth-order valence-electron chi connectivity index (χ4n) is 1.30. The van der Waals surface area contributed by atoms with Crippen LogP contribution >= 0.6 is 0 Å². The molecule has 3 heteroatoms. The summed E-state index contributed by atoms with van der Waals surface area (Å²) >= 11 is 0. The van der Waals surface area contributed by atoms with Gasteiger partial charge in [0.1, 0.15) is 11.3 Å². The Morgan fingerprint density at radius 1 is 1.41 bits per heavy atom. The molecular formula is C14H16O3. The molecule has 0 radical (unpaired) electrons. The lowest BCUT2D eigenvalue weighted by Gasteiger charge is -2.08. The smallest absolute Gasteiger partial charge is 0.341 e. The van der Waals surface area contributed by atoms with E-state index in [4.69, 9.17) is 4.74 Å². The van der Waals surface area contributed by atoms with Crippen LogP contribution in [0.4, 0.5) is 0 Å². The van der Waals surface area contributed by atoms with Crippen molar-refractivity contribution in [1.82, 2.24) is 0 Å². The highest BCUT2D eigenvalue weighted by Gasteiger charge is 2.11. The number of rotatable bonds is 6. The Balaban J connectivity index is 2.61. The third-order valence-corrected chi connectivity index (χ3v) is 2.11. The summed E-state index contributed by atoms with van der Waals surface area (Å²) in [5.41, 5.74) is 0.447. The summed E-state index contributed by atoms with van der Waals surface area (Å²) in [4.78, 5) is 11.4. The Hall–Kier alpha value is -2.03. The van der Waals surface area contributed by atoms with Crippen molar-refractivity contribution in [3.05, 3.63) is 54.6 Å². The quantitative estimate of drug-likeness (QED) is 0.429. The molecule has 90 valence electrons. The Labute approximate surface area is 101 Å². The van der Waals surface area contributed by atoms with Gasteiger partial charge < -0.3 is 9.47 Å². The molecule has 0 aromatic heterocycles. The lowest BCUT2D eigenvalue weighted by atomic mass is 10.2. The van der Waals surface area contributed by atoms with Gasteiger partial charge in [0.05, 0.1) is 13.7 Å². The Bertz CT molecular complexity index is 408. The summed E-state index contributed by atoms with van der Waals surface area (Å²) in [6.07, 6.45) is 6.28. The zero-order valence-corrected chi connectivity index (χ0v) is 9.89. The first-order valence-corrected chi connectivity index (χ1v) is 5.37. The molecule has 0 aliphatic heterocycles. The van der Waals surface area contributed by atoms with Crippen LogP contribution in [0, 0.1) is 0 Å². The zero-order valence-electron chi connectivity index (χ0n) is 9.89. The molecule has 3 nitrogen and oxygen atoms in total. The molecule has 0 aliphatic carbocycles. The molecule has 0 aliphatic rings. The second kappa shape index (κ2) is 7.28. The number of esters is 1. The highest BCUT2D eigenvalue weighted by atomic mass is 16.5. The van der Waals surface area contributed by atoms with Crippen LogP contribution in [0.5, 0.6) is 5.75 Å². The van der Waals surface area contributed by atoms with Gasteiger partial charge in [0.25, 0.3) is 0 Å². The second-order valence-corrected chi connectivity index (χ2v) is 3.29. The van der Waals surface area contributed by atoms with Gasteiger partial charge in [-0.2, -0.15) is 0 Å². The lowest BCUT2D eigenvalue weighted by molar-refractivity contribution is 0.0596. The summed E-state index contributed by atoms with van der Waals surface area (Å²) in [5, 5.41) is 0. The van der Waals surface area contributed by atoms with Crippen molar-refractivity contribution in [2.24, 2.45) is 0 Å². The Morgan fingerprint density at radius 2 is 2.18 bits per heavy atom. The zero-order chi connectivity index (χ0) is 12.5. The molecule has 1 rings (SSSR count). The van der Waals surface area contributed by atoms with Gasteiger partial charge in [-0.1, -0.05) is 36.9 Å². The third kappa shape index (κ3) is 4.15. The molecular weight excluding hydrogens is 216 g/mol. The average molecular weight is 232 g/mol. The maximum atomic E-state index is 11.4. The fraction of sp³-hybridized carbons (Fsp3) is 0.214. The van der Waals surface area contributed by atoms with Gasteiger partial charge in [0, 0.05) is 0 Å². The van der Waals surface area contributed by atoms with Crippen LogP contribution in [-0.2, 0) is 4.74 Å². The van der Waals surface area contributed by atoms with E-state index in [9.17, 15) is 4.79 Å². The van der Waals surface area contributed by atoms with E-state index >= 15 is 0 Å². The van der Waals surface area contributed by atoms with Crippen LogP contribution in [-0.4, -0.2) is 19.7 Å². The number of benzene rings is 1. The minimum Gasteiger partial charge on any atom is -0.492 e. The van der Waals surface area contributed by atoms with Crippen LogP contribution < -0.4 is 4.74 Å². The summed E-state index contributed by atoms with van der Waals surface area (Å²) < 4.78 is 10.2. The van der Waals surface area contributed by atoms with E-state index in [-0.39, 0.29) is 5.97 Å². The molecule has 0 unspecified atom stereocenters. The number of carbonyl (C=O) groups is 1. The first kappa shape index (κ1) is 13.0. The molecule has 0 N–H and O–H groups in total. The predicted molar refractivity (Wildman–Crippen MR) is 67.2 cm³/mol. The number of carbonyl (C=O) groups excluding carboxylic acids is 1. The molecule has 0 spiro atoms. The predicted octanol–water partition coefficient (Wildman–Crippen LogP) is 2.98. The summed E-state index contributed by atoms with van der Waals surface area (Å²) in [5.74, 6) is 0.161. The summed E-state index contributed by atoms with van der Waals surface area (Å²) in [6, 6.07) is 7.03. The molecule has 0 amide bonds. The van der Waals surface area contributed by atoms with Crippen molar-refractivity contribution in [3.63, 3.8) is 0 Å². The van der Waals surface area contributed by atoms with E-state index in [2.05, 4.69) is 11.3 Å². The number of methoxy groups -OCH3 is 1. The standard InChI is InChI=1S/C14H16O3/c1-3-4-5-8-11-17-13-10-7-6-9-12(13)14(15)16-2/h3-7,9-10H,1,8,11H2,2H3/b5-4+. The van der Waals surface area contributed by atoms with Gasteiger partial charge in [-0.25, -0.2) is 4.79 Å². The van der Waals surface area contributed by atoms with Crippen LogP contribution in [0.3, 0.4) is 0 Å². The van der Waals surface area contributed by atoms with Crippen LogP contribution in [0.15, 0.2) is 49.1 Å². The Morgan fingerprint density at radius 3 is 2.88 bits per heavy atom. The van der Waals surface area contributed by atoms with Crippen molar-refractivity contribution < 1.29 is 14.3 Å². The first-order valence-electron chi connectivity index (χ1n) is 5.37. The number of ether oxygens (including phenoxy) is 2. The summed E-state index contributed by atoms with van der Waals surface area (Å²) in [7, 11) is 1.35. The lowest BCUT2D eigenvalue weighted by Crippen LogP contribution is -2.06. The second-order valence-electron chi connectivity index (χ2n) is 3.29. The van der Waals surface area contributed by atoms with Gasteiger partial charge in [-0.3, -0.25) is 0 Å². The van der Waals surface area contributed by atoms with E-state index in [0.29, 0.717) is 17.9 Å². The molecule has 0 fully saturated rings. The van der Waals surface area contributed by atoms with Crippen molar-refractivity contribution >= 4 is 5.97 Å². The highest BCUT2D eigenvalue weighted by Crippen LogP contribution is 2.18. The van der Waals surface area contributed by atoms with Crippen molar-refractivity contribution in [2.75, 3.05) is 13.7 Å². The van der Waals surface area contributed by atoms with Gasteiger partial charge in [0.2, 0.25) is 0 Å². The van der Waals surface area contributed by atoms with E-state index < -0.39 is 0 Å². The molecule has 0 saturated carbocycles. The Kier molecular flexibility index (Phi) is 5.58. The van der Waals surface area contributed by atoms with E-state index in [1.807, 2.05) is 18.2 Å². The largest absolute Gasteiger partial charge is 0.492 e. The maximum absolute atomic E-state index is 11.4. The molecule has 0 heterocycles. The van der Waals surface area contributed by atoms with E-state index in [0.717, 1.165) is 6.42 Å². The SMILES string of the molecule is C=C/C=C/CCOc1ccccc1C(=O)OC.